The molecular weight excluding hydrogens is 262 g/mol. The van der Waals surface area contributed by atoms with Gasteiger partial charge in [-0.05, 0) is 13.5 Å². The predicted octanol–water partition coefficient (Wildman–Crippen LogP) is 1.31. The zero-order chi connectivity index (χ0) is 13.8. The van der Waals surface area contributed by atoms with Gasteiger partial charge in [0.05, 0.1) is 23.8 Å². The van der Waals surface area contributed by atoms with E-state index in [1.807, 2.05) is 0 Å². The number of aliphatic hydroxyl groups is 1. The molecule has 1 aromatic heterocycles. The summed E-state index contributed by atoms with van der Waals surface area (Å²) in [5.41, 5.74) is 0.871. The van der Waals surface area contributed by atoms with E-state index in [1.54, 1.807) is 18.4 Å². The summed E-state index contributed by atoms with van der Waals surface area (Å²) in [4.78, 5) is 10.3. The van der Waals surface area contributed by atoms with Crippen molar-refractivity contribution in [3.63, 3.8) is 0 Å². The number of ether oxygens (including phenoxy) is 1. The van der Waals surface area contributed by atoms with E-state index < -0.39 is 0 Å². The molecular formula is C13H23N3O2S. The molecule has 2 heterocycles. The van der Waals surface area contributed by atoms with Crippen molar-refractivity contribution in [2.24, 2.45) is 0 Å². The second kappa shape index (κ2) is 6.65. The van der Waals surface area contributed by atoms with Gasteiger partial charge >= 0.3 is 0 Å². The van der Waals surface area contributed by atoms with Gasteiger partial charge in [0.25, 0.3) is 0 Å². The summed E-state index contributed by atoms with van der Waals surface area (Å²) in [5.74, 6) is 0. The van der Waals surface area contributed by atoms with E-state index in [4.69, 9.17) is 4.74 Å². The van der Waals surface area contributed by atoms with Crippen molar-refractivity contribution in [1.82, 2.24) is 9.88 Å². The maximum absolute atomic E-state index is 9.38. The molecule has 0 aliphatic carbocycles. The van der Waals surface area contributed by atoms with Gasteiger partial charge in [0.15, 0.2) is 5.13 Å². The van der Waals surface area contributed by atoms with Gasteiger partial charge < -0.3 is 14.7 Å². The highest BCUT2D eigenvalue weighted by Crippen LogP contribution is 2.28. The van der Waals surface area contributed by atoms with Gasteiger partial charge in [-0.2, -0.15) is 0 Å². The van der Waals surface area contributed by atoms with E-state index >= 15 is 0 Å². The third-order valence-corrected chi connectivity index (χ3v) is 4.78. The molecule has 1 unspecified atom stereocenters. The minimum atomic E-state index is 0.0425. The largest absolute Gasteiger partial charge is 0.391 e. The first-order chi connectivity index (χ1) is 9.19. The van der Waals surface area contributed by atoms with Crippen LogP contribution in [-0.4, -0.2) is 54.3 Å². The summed E-state index contributed by atoms with van der Waals surface area (Å²) in [6.45, 7) is 9.15. The van der Waals surface area contributed by atoms with Crippen LogP contribution in [0, 0.1) is 0 Å². The van der Waals surface area contributed by atoms with E-state index in [0.29, 0.717) is 12.6 Å². The quantitative estimate of drug-likeness (QED) is 0.884. The van der Waals surface area contributed by atoms with E-state index in [-0.39, 0.29) is 6.61 Å². The highest BCUT2D eigenvalue weighted by molar-refractivity contribution is 7.15. The van der Waals surface area contributed by atoms with Gasteiger partial charge in [-0.3, -0.25) is 4.90 Å². The molecule has 0 bridgehead atoms. The Hall–Kier alpha value is -0.690. The molecule has 1 atom stereocenters. The highest BCUT2D eigenvalue weighted by Gasteiger charge is 2.25. The smallest absolute Gasteiger partial charge is 0.186 e. The normalized spacial score (nSPS) is 21.1. The summed E-state index contributed by atoms with van der Waals surface area (Å²) in [7, 11) is 1.66. The lowest BCUT2D eigenvalue weighted by Gasteiger charge is -2.39. The van der Waals surface area contributed by atoms with Crippen LogP contribution in [0.15, 0.2) is 0 Å². The Morgan fingerprint density at radius 3 is 2.84 bits per heavy atom. The summed E-state index contributed by atoms with van der Waals surface area (Å²) in [6, 6.07) is 0.547. The lowest BCUT2D eigenvalue weighted by Crippen LogP contribution is -2.51. The number of piperazine rings is 1. The highest BCUT2D eigenvalue weighted by atomic mass is 32.1. The third-order valence-electron chi connectivity index (χ3n) is 3.63. The molecule has 0 aromatic carbocycles. The minimum Gasteiger partial charge on any atom is -0.391 e. The molecule has 2 rings (SSSR count). The first-order valence-electron chi connectivity index (χ1n) is 6.77. The third kappa shape index (κ3) is 3.25. The molecule has 1 saturated heterocycles. The van der Waals surface area contributed by atoms with Gasteiger partial charge in [0.2, 0.25) is 0 Å². The summed E-state index contributed by atoms with van der Waals surface area (Å²) in [6.07, 6.45) is 0. The molecule has 1 N–H and O–H groups in total. The summed E-state index contributed by atoms with van der Waals surface area (Å²) in [5, 5.41) is 10.4. The summed E-state index contributed by atoms with van der Waals surface area (Å²) < 4.78 is 5.13. The average Bonchev–Trinajstić information content (AvgIpc) is 2.82. The molecule has 0 spiro atoms. The van der Waals surface area contributed by atoms with Crippen LogP contribution in [0.5, 0.6) is 0 Å². The molecule has 0 saturated carbocycles. The molecule has 19 heavy (non-hydrogen) atoms. The van der Waals surface area contributed by atoms with Crippen molar-refractivity contribution in [3.8, 4) is 0 Å². The van der Waals surface area contributed by atoms with E-state index in [2.05, 4.69) is 28.6 Å². The van der Waals surface area contributed by atoms with E-state index in [1.165, 1.54) is 0 Å². The molecule has 1 aliphatic heterocycles. The minimum absolute atomic E-state index is 0.0425. The van der Waals surface area contributed by atoms with Crippen molar-refractivity contribution in [1.29, 1.82) is 0 Å². The standard InChI is InChI=1S/C13H23N3O2S/c1-4-15-5-6-16(7-10(15)2)13-14-11(9-18-3)12(8-17)19-13/h10,17H,4-9H2,1-3H3. The maximum Gasteiger partial charge on any atom is 0.186 e. The van der Waals surface area contributed by atoms with Crippen molar-refractivity contribution in [2.45, 2.75) is 33.1 Å². The molecule has 1 aliphatic rings. The van der Waals surface area contributed by atoms with Crippen LogP contribution in [0.25, 0.3) is 0 Å². The van der Waals surface area contributed by atoms with Gasteiger partial charge in [0, 0.05) is 32.8 Å². The average molecular weight is 285 g/mol. The number of anilines is 1. The second-order valence-corrected chi connectivity index (χ2v) is 5.94. The predicted molar refractivity (Wildman–Crippen MR) is 77.7 cm³/mol. The monoisotopic (exact) mass is 285 g/mol. The molecule has 1 fully saturated rings. The Kier molecular flexibility index (Phi) is 5.15. The number of methoxy groups -OCH3 is 1. The fourth-order valence-corrected chi connectivity index (χ4v) is 3.47. The van der Waals surface area contributed by atoms with Crippen molar-refractivity contribution < 1.29 is 9.84 Å². The van der Waals surface area contributed by atoms with Crippen LogP contribution in [0.1, 0.15) is 24.4 Å². The zero-order valence-electron chi connectivity index (χ0n) is 11.9. The lowest BCUT2D eigenvalue weighted by atomic mass is 10.2. The second-order valence-electron chi connectivity index (χ2n) is 4.88. The Bertz CT molecular complexity index is 411. The van der Waals surface area contributed by atoms with Gasteiger partial charge in [-0.1, -0.05) is 18.3 Å². The molecule has 5 nitrogen and oxygen atoms in total. The Morgan fingerprint density at radius 2 is 2.26 bits per heavy atom. The van der Waals surface area contributed by atoms with Crippen LogP contribution in [-0.2, 0) is 18.0 Å². The molecule has 0 amide bonds. The van der Waals surface area contributed by atoms with Crippen molar-refractivity contribution >= 4 is 16.5 Å². The van der Waals surface area contributed by atoms with Crippen molar-refractivity contribution in [3.05, 3.63) is 10.6 Å². The van der Waals surface area contributed by atoms with Crippen LogP contribution in [0.4, 0.5) is 5.13 Å². The van der Waals surface area contributed by atoms with Gasteiger partial charge in [-0.15, -0.1) is 0 Å². The number of aromatic nitrogens is 1. The Balaban J connectivity index is 2.10. The molecule has 0 radical (unpaired) electrons. The number of likely N-dealkylation sites (N-methyl/N-ethyl adjacent to an activating group) is 1. The number of rotatable bonds is 5. The van der Waals surface area contributed by atoms with Crippen molar-refractivity contribution in [2.75, 3.05) is 38.2 Å². The first kappa shape index (κ1) is 14.7. The SMILES string of the molecule is CCN1CCN(c2nc(COC)c(CO)s2)CC1C. The van der Waals surface area contributed by atoms with Crippen LogP contribution >= 0.6 is 11.3 Å². The topological polar surface area (TPSA) is 48.8 Å². The Morgan fingerprint density at radius 1 is 1.47 bits per heavy atom. The number of thiazole rings is 1. The first-order valence-corrected chi connectivity index (χ1v) is 7.58. The van der Waals surface area contributed by atoms with Gasteiger partial charge in [-0.25, -0.2) is 4.98 Å². The van der Waals surface area contributed by atoms with E-state index in [9.17, 15) is 5.11 Å². The van der Waals surface area contributed by atoms with Crippen LogP contribution < -0.4 is 4.90 Å². The summed E-state index contributed by atoms with van der Waals surface area (Å²) >= 11 is 1.58. The molecule has 1 aromatic rings. The number of aliphatic hydroxyl groups excluding tert-OH is 1. The van der Waals surface area contributed by atoms with E-state index in [0.717, 1.165) is 41.9 Å². The molecule has 108 valence electrons. The number of hydrogen-bond donors (Lipinski definition) is 1. The number of hydrogen-bond acceptors (Lipinski definition) is 6. The molecule has 6 heteroatoms. The fourth-order valence-electron chi connectivity index (χ4n) is 2.52. The number of nitrogens with zero attached hydrogens (tertiary/aromatic N) is 3. The van der Waals surface area contributed by atoms with Gasteiger partial charge in [0.1, 0.15) is 0 Å². The fraction of sp³-hybridized carbons (Fsp3) is 0.769. The van der Waals surface area contributed by atoms with Crippen LogP contribution in [0.2, 0.25) is 0 Å². The lowest BCUT2D eigenvalue weighted by molar-refractivity contribution is 0.178. The zero-order valence-corrected chi connectivity index (χ0v) is 12.7. The maximum atomic E-state index is 9.38. The van der Waals surface area contributed by atoms with Crippen LogP contribution in [0.3, 0.4) is 0 Å². The Labute approximate surface area is 118 Å².